The van der Waals surface area contributed by atoms with E-state index in [1.165, 1.54) is 54.9 Å². The van der Waals surface area contributed by atoms with Crippen LogP contribution in [0.5, 0.6) is 11.5 Å². The number of nitrogens with zero attached hydrogens (tertiary/aromatic N) is 1. The lowest BCUT2D eigenvalue weighted by molar-refractivity contribution is -0.116. The topological polar surface area (TPSA) is 131 Å². The van der Waals surface area contributed by atoms with Crippen LogP contribution in [0.1, 0.15) is 12.8 Å². The number of carbonyl (C=O) groups excluding carboxylic acids is 1. The van der Waals surface area contributed by atoms with Crippen LogP contribution in [0.4, 0.5) is 17.1 Å². The molecule has 1 amide bonds. The standard InChI is InChI=1S/C25H28ClN3O7S2/c1-35-21-11-14-24(36-2)23(17-21)28-38(33,34)22-12-9-19(10-13-22)27-25(30)8-5-15-29(37(3,31)32)20-7-4-6-18(26)16-20/h4,6-7,9-14,16-17,28H,5,8,15H2,1-3H3,(H,27,30). The van der Waals surface area contributed by atoms with Crippen LogP contribution in [-0.4, -0.2) is 49.8 Å². The SMILES string of the molecule is COc1ccc(OC)c(NS(=O)(=O)c2ccc(NC(=O)CCCN(c3cccc(Cl)c3)S(C)(=O)=O)cc2)c1. The number of rotatable bonds is 12. The number of amides is 1. The number of carbonyl (C=O) groups is 1. The Labute approximate surface area is 227 Å². The molecule has 2 N–H and O–H groups in total. The van der Waals surface area contributed by atoms with Crippen molar-refractivity contribution in [3.63, 3.8) is 0 Å². The highest BCUT2D eigenvalue weighted by Crippen LogP contribution is 2.31. The lowest BCUT2D eigenvalue weighted by Crippen LogP contribution is -2.31. The minimum Gasteiger partial charge on any atom is -0.497 e. The molecule has 204 valence electrons. The summed E-state index contributed by atoms with van der Waals surface area (Å²) in [5.41, 5.74) is 1.02. The first kappa shape index (κ1) is 29.1. The Balaban J connectivity index is 1.61. The molecule has 0 bridgehead atoms. The minimum absolute atomic E-state index is 0.0225. The van der Waals surface area contributed by atoms with Crippen molar-refractivity contribution < 1.29 is 31.1 Å². The highest BCUT2D eigenvalue weighted by Gasteiger charge is 2.19. The second-order valence-electron chi connectivity index (χ2n) is 8.16. The van der Waals surface area contributed by atoms with E-state index in [1.807, 2.05) is 0 Å². The van der Waals surface area contributed by atoms with Crippen molar-refractivity contribution in [2.45, 2.75) is 17.7 Å². The summed E-state index contributed by atoms with van der Waals surface area (Å²) in [4.78, 5) is 12.4. The Morgan fingerprint density at radius 3 is 2.26 bits per heavy atom. The van der Waals surface area contributed by atoms with Gasteiger partial charge in [-0.2, -0.15) is 0 Å². The van der Waals surface area contributed by atoms with Gasteiger partial charge in [0.1, 0.15) is 11.5 Å². The van der Waals surface area contributed by atoms with Gasteiger partial charge < -0.3 is 14.8 Å². The first-order chi connectivity index (χ1) is 17.9. The molecule has 0 spiro atoms. The van der Waals surface area contributed by atoms with Crippen LogP contribution in [0.2, 0.25) is 5.02 Å². The van der Waals surface area contributed by atoms with Gasteiger partial charge in [-0.05, 0) is 61.0 Å². The van der Waals surface area contributed by atoms with Crippen molar-refractivity contribution in [1.82, 2.24) is 0 Å². The molecule has 3 aromatic rings. The van der Waals surface area contributed by atoms with Gasteiger partial charge in [-0.3, -0.25) is 13.8 Å². The first-order valence-electron chi connectivity index (χ1n) is 11.3. The van der Waals surface area contributed by atoms with Crippen LogP contribution >= 0.6 is 11.6 Å². The normalized spacial score (nSPS) is 11.5. The van der Waals surface area contributed by atoms with E-state index in [9.17, 15) is 21.6 Å². The number of nitrogens with one attached hydrogen (secondary N) is 2. The maximum absolute atomic E-state index is 12.9. The molecular formula is C25H28ClN3O7S2. The Hall–Kier alpha value is -3.48. The fraction of sp³-hybridized carbons (Fsp3) is 0.240. The number of methoxy groups -OCH3 is 2. The Kier molecular flexibility index (Phi) is 9.47. The summed E-state index contributed by atoms with van der Waals surface area (Å²) >= 11 is 5.98. The average molecular weight is 582 g/mol. The third-order valence-electron chi connectivity index (χ3n) is 5.36. The number of hydrogen-bond donors (Lipinski definition) is 2. The number of hydrogen-bond acceptors (Lipinski definition) is 7. The van der Waals surface area contributed by atoms with Gasteiger partial charge in [0.15, 0.2) is 0 Å². The summed E-state index contributed by atoms with van der Waals surface area (Å²) in [7, 11) is -4.64. The fourth-order valence-corrected chi connectivity index (χ4v) is 5.74. The Morgan fingerprint density at radius 1 is 0.947 bits per heavy atom. The molecule has 13 heteroatoms. The first-order valence-corrected chi connectivity index (χ1v) is 15.0. The Bertz CT molecular complexity index is 1500. The molecule has 0 saturated carbocycles. The summed E-state index contributed by atoms with van der Waals surface area (Å²) in [6.07, 6.45) is 1.39. The molecule has 0 saturated heterocycles. The van der Waals surface area contributed by atoms with E-state index in [1.54, 1.807) is 30.3 Å². The third kappa shape index (κ3) is 7.76. The van der Waals surface area contributed by atoms with Gasteiger partial charge in [-0.1, -0.05) is 17.7 Å². The molecule has 0 atom stereocenters. The molecule has 0 aliphatic heterocycles. The highest BCUT2D eigenvalue weighted by atomic mass is 35.5. The van der Waals surface area contributed by atoms with Gasteiger partial charge >= 0.3 is 0 Å². The van der Waals surface area contributed by atoms with Crippen molar-refractivity contribution in [3.8, 4) is 11.5 Å². The molecule has 0 aliphatic rings. The minimum atomic E-state index is -3.95. The zero-order valence-corrected chi connectivity index (χ0v) is 23.4. The molecular weight excluding hydrogens is 554 g/mol. The van der Waals surface area contributed by atoms with Gasteiger partial charge in [-0.25, -0.2) is 16.8 Å². The van der Waals surface area contributed by atoms with Gasteiger partial charge in [0.25, 0.3) is 10.0 Å². The van der Waals surface area contributed by atoms with Crippen LogP contribution in [0.3, 0.4) is 0 Å². The van der Waals surface area contributed by atoms with E-state index in [-0.39, 0.29) is 35.9 Å². The second kappa shape index (κ2) is 12.4. The van der Waals surface area contributed by atoms with Gasteiger partial charge in [-0.15, -0.1) is 0 Å². The van der Waals surface area contributed by atoms with Crippen LogP contribution in [0, 0.1) is 0 Å². The average Bonchev–Trinajstić information content (AvgIpc) is 2.86. The molecule has 0 aromatic heterocycles. The van der Waals surface area contributed by atoms with E-state index in [0.29, 0.717) is 27.9 Å². The third-order valence-corrected chi connectivity index (χ3v) is 8.17. The van der Waals surface area contributed by atoms with Crippen molar-refractivity contribution in [2.75, 3.05) is 41.4 Å². The fourth-order valence-electron chi connectivity index (χ4n) is 3.54. The number of halogens is 1. The summed E-state index contributed by atoms with van der Waals surface area (Å²) in [5, 5.41) is 3.09. The second-order valence-corrected chi connectivity index (χ2v) is 12.2. The smallest absolute Gasteiger partial charge is 0.262 e. The molecule has 3 rings (SSSR count). The summed E-state index contributed by atoms with van der Waals surface area (Å²) in [6.45, 7) is 0.0865. The zero-order chi connectivity index (χ0) is 27.9. The summed E-state index contributed by atoms with van der Waals surface area (Å²) in [5.74, 6) is 0.427. The molecule has 0 radical (unpaired) electrons. The molecule has 0 aliphatic carbocycles. The van der Waals surface area contributed by atoms with Gasteiger partial charge in [0, 0.05) is 29.7 Å². The monoisotopic (exact) mass is 581 g/mol. The van der Waals surface area contributed by atoms with Gasteiger partial charge in [0.05, 0.1) is 36.7 Å². The molecule has 3 aromatic carbocycles. The van der Waals surface area contributed by atoms with E-state index in [2.05, 4.69) is 10.0 Å². The molecule has 0 unspecified atom stereocenters. The van der Waals surface area contributed by atoms with Crippen molar-refractivity contribution in [1.29, 1.82) is 0 Å². The Morgan fingerprint density at radius 2 is 1.66 bits per heavy atom. The predicted octanol–water partition coefficient (Wildman–Crippen LogP) is 4.34. The quantitative estimate of drug-likeness (QED) is 0.325. The van der Waals surface area contributed by atoms with Crippen LogP contribution < -0.4 is 23.8 Å². The maximum atomic E-state index is 12.9. The summed E-state index contributed by atoms with van der Waals surface area (Å²) < 4.78 is 64.2. The number of benzene rings is 3. The lowest BCUT2D eigenvalue weighted by Gasteiger charge is -2.22. The number of sulfonamides is 2. The lowest BCUT2D eigenvalue weighted by atomic mass is 10.2. The van der Waals surface area contributed by atoms with Gasteiger partial charge in [0.2, 0.25) is 15.9 Å². The van der Waals surface area contributed by atoms with Crippen LogP contribution in [-0.2, 0) is 24.8 Å². The predicted molar refractivity (Wildman–Crippen MR) is 148 cm³/mol. The van der Waals surface area contributed by atoms with E-state index < -0.39 is 20.0 Å². The van der Waals surface area contributed by atoms with E-state index in [0.717, 1.165) is 6.26 Å². The summed E-state index contributed by atoms with van der Waals surface area (Å²) in [6, 6.07) is 16.8. The molecule has 38 heavy (non-hydrogen) atoms. The van der Waals surface area contributed by atoms with E-state index in [4.69, 9.17) is 21.1 Å². The zero-order valence-electron chi connectivity index (χ0n) is 21.0. The highest BCUT2D eigenvalue weighted by molar-refractivity contribution is 7.92. The van der Waals surface area contributed by atoms with Crippen molar-refractivity contribution in [3.05, 3.63) is 71.8 Å². The molecule has 0 fully saturated rings. The van der Waals surface area contributed by atoms with Crippen LogP contribution in [0.15, 0.2) is 71.6 Å². The number of ether oxygens (including phenoxy) is 2. The van der Waals surface area contributed by atoms with Crippen LogP contribution in [0.25, 0.3) is 0 Å². The number of anilines is 3. The van der Waals surface area contributed by atoms with E-state index >= 15 is 0 Å². The molecule has 0 heterocycles. The van der Waals surface area contributed by atoms with Crippen molar-refractivity contribution in [2.24, 2.45) is 0 Å². The van der Waals surface area contributed by atoms with Crippen molar-refractivity contribution >= 4 is 54.6 Å². The molecule has 10 nitrogen and oxygen atoms in total. The largest absolute Gasteiger partial charge is 0.497 e. The maximum Gasteiger partial charge on any atom is 0.262 e.